The van der Waals surface area contributed by atoms with Crippen LogP contribution in [0.1, 0.15) is 40.1 Å². The molecule has 0 heterocycles. The summed E-state index contributed by atoms with van der Waals surface area (Å²) < 4.78 is 6.48. The molecule has 6 nitrogen and oxygen atoms in total. The maximum atomic E-state index is 12.9. The van der Waals surface area contributed by atoms with Crippen LogP contribution in [0.15, 0.2) is 77.3 Å². The van der Waals surface area contributed by atoms with Crippen molar-refractivity contribution in [3.8, 4) is 5.75 Å². The van der Waals surface area contributed by atoms with Gasteiger partial charge in [0.2, 0.25) is 0 Å². The van der Waals surface area contributed by atoms with Gasteiger partial charge in [0, 0.05) is 11.0 Å². The zero-order valence-corrected chi connectivity index (χ0v) is 20.6. The maximum absolute atomic E-state index is 12.9. The fraction of sp³-hybridized carbons (Fsp3) is 0.160. The SMILES string of the molecule is CC(C)Oc1ccc(Br)cc1C(=O)NC(=S)Nc1ccccc1C(=O)NCc1ccccc1. The second-order valence-corrected chi connectivity index (χ2v) is 8.75. The van der Waals surface area contributed by atoms with Crippen molar-refractivity contribution >= 4 is 50.8 Å². The molecule has 0 aromatic heterocycles. The van der Waals surface area contributed by atoms with Gasteiger partial charge >= 0.3 is 0 Å². The minimum atomic E-state index is -0.421. The zero-order chi connectivity index (χ0) is 23.8. The summed E-state index contributed by atoms with van der Waals surface area (Å²) in [5.41, 5.74) is 2.24. The predicted octanol–water partition coefficient (Wildman–Crippen LogP) is 5.29. The number of para-hydroxylation sites is 1. The van der Waals surface area contributed by atoms with E-state index in [0.29, 0.717) is 29.1 Å². The van der Waals surface area contributed by atoms with E-state index in [-0.39, 0.29) is 17.1 Å². The van der Waals surface area contributed by atoms with Gasteiger partial charge in [0.05, 0.1) is 22.9 Å². The lowest BCUT2D eigenvalue weighted by Crippen LogP contribution is -2.35. The van der Waals surface area contributed by atoms with Gasteiger partial charge in [-0.15, -0.1) is 0 Å². The van der Waals surface area contributed by atoms with Crippen LogP contribution in [0.2, 0.25) is 0 Å². The lowest BCUT2D eigenvalue weighted by Gasteiger charge is -2.16. The third kappa shape index (κ3) is 7.13. The van der Waals surface area contributed by atoms with E-state index in [1.54, 1.807) is 42.5 Å². The Labute approximate surface area is 206 Å². The monoisotopic (exact) mass is 525 g/mol. The molecule has 3 N–H and O–H groups in total. The molecule has 0 unspecified atom stereocenters. The zero-order valence-electron chi connectivity index (χ0n) is 18.2. The molecule has 0 spiro atoms. The van der Waals surface area contributed by atoms with Crippen LogP contribution in [0.5, 0.6) is 5.75 Å². The summed E-state index contributed by atoms with van der Waals surface area (Å²) in [7, 11) is 0. The third-order valence-corrected chi connectivity index (χ3v) is 5.19. The molecular weight excluding hydrogens is 502 g/mol. The van der Waals surface area contributed by atoms with Gasteiger partial charge in [0.15, 0.2) is 5.11 Å². The Morgan fingerprint density at radius 1 is 0.939 bits per heavy atom. The summed E-state index contributed by atoms with van der Waals surface area (Å²) in [6.45, 7) is 4.17. The van der Waals surface area contributed by atoms with Gasteiger partial charge in [-0.1, -0.05) is 58.4 Å². The molecule has 0 aliphatic heterocycles. The smallest absolute Gasteiger partial charge is 0.261 e. The number of nitrogens with one attached hydrogen (secondary N) is 3. The Bertz CT molecular complexity index is 1150. The van der Waals surface area contributed by atoms with Crippen LogP contribution in [-0.4, -0.2) is 23.0 Å². The lowest BCUT2D eigenvalue weighted by molar-refractivity contribution is 0.0949. The molecule has 0 fully saturated rings. The highest BCUT2D eigenvalue weighted by atomic mass is 79.9. The number of benzene rings is 3. The highest BCUT2D eigenvalue weighted by Crippen LogP contribution is 2.24. The van der Waals surface area contributed by atoms with Crippen LogP contribution < -0.4 is 20.7 Å². The Balaban J connectivity index is 1.68. The molecule has 0 saturated carbocycles. The summed E-state index contributed by atoms with van der Waals surface area (Å²) in [5, 5.41) is 8.57. The van der Waals surface area contributed by atoms with E-state index in [2.05, 4.69) is 31.9 Å². The van der Waals surface area contributed by atoms with Gasteiger partial charge in [0.1, 0.15) is 5.75 Å². The van der Waals surface area contributed by atoms with E-state index in [0.717, 1.165) is 10.0 Å². The minimum absolute atomic E-state index is 0.0683. The Kier molecular flexibility index (Phi) is 8.57. The average Bonchev–Trinajstić information content (AvgIpc) is 2.79. The van der Waals surface area contributed by atoms with Crippen LogP contribution in [0.3, 0.4) is 0 Å². The minimum Gasteiger partial charge on any atom is -0.490 e. The largest absolute Gasteiger partial charge is 0.490 e. The summed E-state index contributed by atoms with van der Waals surface area (Å²) in [6.07, 6.45) is -0.0934. The van der Waals surface area contributed by atoms with Crippen molar-refractivity contribution in [1.82, 2.24) is 10.6 Å². The first-order valence-corrected chi connectivity index (χ1v) is 11.5. The van der Waals surface area contributed by atoms with E-state index in [9.17, 15) is 9.59 Å². The van der Waals surface area contributed by atoms with Gasteiger partial charge in [-0.25, -0.2) is 0 Å². The first-order chi connectivity index (χ1) is 15.8. The molecule has 0 saturated heterocycles. The molecular formula is C25H24BrN3O3S. The Morgan fingerprint density at radius 2 is 1.64 bits per heavy atom. The molecule has 170 valence electrons. The molecule has 3 aromatic carbocycles. The number of hydrogen-bond acceptors (Lipinski definition) is 4. The number of carbonyl (C=O) groups is 2. The predicted molar refractivity (Wildman–Crippen MR) is 138 cm³/mol. The number of amides is 2. The second kappa shape index (κ2) is 11.6. The summed E-state index contributed by atoms with van der Waals surface area (Å²) >= 11 is 8.72. The van der Waals surface area contributed by atoms with Gasteiger partial charge < -0.3 is 15.4 Å². The molecule has 33 heavy (non-hydrogen) atoms. The quantitative estimate of drug-likeness (QED) is 0.365. The molecule has 0 bridgehead atoms. The number of thiocarbonyl (C=S) groups is 1. The molecule has 0 atom stereocenters. The van der Waals surface area contributed by atoms with Crippen molar-refractivity contribution in [3.63, 3.8) is 0 Å². The van der Waals surface area contributed by atoms with Gasteiger partial charge in [-0.3, -0.25) is 14.9 Å². The molecule has 8 heteroatoms. The summed E-state index contributed by atoms with van der Waals surface area (Å²) in [5.74, 6) is -0.222. The summed E-state index contributed by atoms with van der Waals surface area (Å²) in [6, 6.07) is 21.8. The van der Waals surface area contributed by atoms with Crippen LogP contribution >= 0.6 is 28.1 Å². The number of halogens is 1. The van der Waals surface area contributed by atoms with Gasteiger partial charge in [-0.2, -0.15) is 0 Å². The van der Waals surface area contributed by atoms with Crippen molar-refractivity contribution in [1.29, 1.82) is 0 Å². The number of rotatable bonds is 7. The van der Waals surface area contributed by atoms with Crippen LogP contribution in [0, 0.1) is 0 Å². The van der Waals surface area contributed by atoms with Crippen LogP contribution in [0.4, 0.5) is 5.69 Å². The highest BCUT2D eigenvalue weighted by molar-refractivity contribution is 9.10. The number of hydrogen-bond donors (Lipinski definition) is 3. The third-order valence-electron chi connectivity index (χ3n) is 4.49. The van der Waals surface area contributed by atoms with Crippen molar-refractivity contribution in [2.75, 3.05) is 5.32 Å². The molecule has 3 aromatic rings. The molecule has 0 aliphatic carbocycles. The average molecular weight is 526 g/mol. The fourth-order valence-electron chi connectivity index (χ4n) is 3.02. The maximum Gasteiger partial charge on any atom is 0.261 e. The van der Waals surface area contributed by atoms with Crippen molar-refractivity contribution in [2.24, 2.45) is 0 Å². The second-order valence-electron chi connectivity index (χ2n) is 7.43. The molecule has 2 amide bonds. The van der Waals surface area contributed by atoms with Crippen molar-refractivity contribution < 1.29 is 14.3 Å². The fourth-order valence-corrected chi connectivity index (χ4v) is 3.59. The summed E-state index contributed by atoms with van der Waals surface area (Å²) in [4.78, 5) is 25.6. The van der Waals surface area contributed by atoms with E-state index >= 15 is 0 Å². The molecule has 0 radical (unpaired) electrons. The van der Waals surface area contributed by atoms with E-state index in [1.165, 1.54) is 0 Å². The van der Waals surface area contributed by atoms with Crippen LogP contribution in [-0.2, 0) is 6.54 Å². The standard InChI is InChI=1S/C25H24BrN3O3S/c1-16(2)32-22-13-12-18(26)14-20(22)24(31)29-25(33)28-21-11-7-6-10-19(21)23(30)27-15-17-8-4-3-5-9-17/h3-14,16H,15H2,1-2H3,(H,27,30)(H2,28,29,31,33). The van der Waals surface area contributed by atoms with Crippen LogP contribution in [0.25, 0.3) is 0 Å². The number of ether oxygens (including phenoxy) is 1. The van der Waals surface area contributed by atoms with Crippen molar-refractivity contribution in [2.45, 2.75) is 26.5 Å². The first-order valence-electron chi connectivity index (χ1n) is 10.3. The van der Waals surface area contributed by atoms with E-state index < -0.39 is 5.91 Å². The van der Waals surface area contributed by atoms with Gasteiger partial charge in [-0.05, 0) is 62.0 Å². The highest BCUT2D eigenvalue weighted by Gasteiger charge is 2.17. The topological polar surface area (TPSA) is 79.5 Å². The normalized spacial score (nSPS) is 10.4. The Hall–Kier alpha value is -3.23. The lowest BCUT2D eigenvalue weighted by atomic mass is 10.1. The van der Waals surface area contributed by atoms with Gasteiger partial charge in [0.25, 0.3) is 11.8 Å². The molecule has 0 aliphatic rings. The number of anilines is 1. The van der Waals surface area contributed by atoms with Crippen molar-refractivity contribution in [3.05, 3.63) is 94.0 Å². The molecule has 3 rings (SSSR count). The van der Waals surface area contributed by atoms with E-state index in [1.807, 2.05) is 44.2 Å². The Morgan fingerprint density at radius 3 is 2.36 bits per heavy atom. The van der Waals surface area contributed by atoms with E-state index in [4.69, 9.17) is 17.0 Å². The first kappa shape index (κ1) is 24.4. The number of carbonyl (C=O) groups excluding carboxylic acids is 2.